The average molecular weight is 322 g/mol. The fourth-order valence-electron chi connectivity index (χ4n) is 1.08. The van der Waals surface area contributed by atoms with Gasteiger partial charge < -0.3 is 10.1 Å². The predicted molar refractivity (Wildman–Crippen MR) is 74.3 cm³/mol. The zero-order chi connectivity index (χ0) is 12.7. The number of benzene rings is 1. The first kappa shape index (κ1) is 14.2. The highest BCUT2D eigenvalue weighted by molar-refractivity contribution is 9.10. The van der Waals surface area contributed by atoms with Crippen molar-refractivity contribution in [2.45, 2.75) is 0 Å². The lowest BCUT2D eigenvalue weighted by Gasteiger charge is -2.09. The van der Waals surface area contributed by atoms with Crippen LogP contribution in [0.15, 0.2) is 27.7 Å². The fraction of sp³-hybridized carbons (Fsp3) is 0.300. The summed E-state index contributed by atoms with van der Waals surface area (Å²) in [6.45, 7) is 1.06. The van der Waals surface area contributed by atoms with Crippen LogP contribution in [0.5, 0.6) is 0 Å². The van der Waals surface area contributed by atoms with Crippen molar-refractivity contribution in [3.05, 3.63) is 27.7 Å². The van der Waals surface area contributed by atoms with Crippen LogP contribution in [0.4, 0.5) is 5.69 Å². The first-order chi connectivity index (χ1) is 8.17. The maximum absolute atomic E-state index is 5.97. The van der Waals surface area contributed by atoms with E-state index < -0.39 is 0 Å². The molecule has 0 aromatic heterocycles. The van der Waals surface area contributed by atoms with E-state index in [1.807, 2.05) is 12.1 Å². The second kappa shape index (κ2) is 7.50. The molecule has 0 aliphatic rings. The Balaban J connectivity index is 2.67. The minimum atomic E-state index is 0.459. The number of anilines is 1. The molecule has 5 nitrogen and oxygen atoms in total. The van der Waals surface area contributed by atoms with Crippen LogP contribution in [-0.2, 0) is 4.74 Å². The molecule has 0 aliphatic heterocycles. The molecule has 0 atom stereocenters. The van der Waals surface area contributed by atoms with Gasteiger partial charge in [-0.15, -0.1) is 0 Å². The maximum atomic E-state index is 5.97. The van der Waals surface area contributed by atoms with Crippen molar-refractivity contribution >= 4 is 39.2 Å². The summed E-state index contributed by atoms with van der Waals surface area (Å²) in [7, 11) is 1.62. The molecule has 0 saturated carbocycles. The molecule has 1 aromatic rings. The van der Waals surface area contributed by atoms with Gasteiger partial charge in [0.25, 0.3) is 0 Å². The van der Waals surface area contributed by atoms with Crippen molar-refractivity contribution in [2.24, 2.45) is 10.8 Å². The SMILES string of the molecule is COCCN=C(NN)Nc1ccc(Br)c(Cl)c1. The van der Waals surface area contributed by atoms with E-state index in [9.17, 15) is 0 Å². The van der Waals surface area contributed by atoms with Crippen LogP contribution >= 0.6 is 27.5 Å². The van der Waals surface area contributed by atoms with Gasteiger partial charge in [0.2, 0.25) is 5.96 Å². The fourth-order valence-corrected chi connectivity index (χ4v) is 1.51. The number of methoxy groups -OCH3 is 1. The molecule has 0 spiro atoms. The van der Waals surface area contributed by atoms with Gasteiger partial charge in [-0.25, -0.2) is 10.8 Å². The van der Waals surface area contributed by atoms with Crippen LogP contribution in [0, 0.1) is 0 Å². The molecule has 0 fully saturated rings. The standard InChI is InChI=1S/C10H14BrClN4O/c1-17-5-4-14-10(16-13)15-7-2-3-8(11)9(12)6-7/h2-3,6H,4-5,13H2,1H3,(H2,14,15,16). The molecule has 0 unspecified atom stereocenters. The highest BCUT2D eigenvalue weighted by Crippen LogP contribution is 2.25. The second-order valence-corrected chi connectivity index (χ2v) is 4.38. The van der Waals surface area contributed by atoms with Gasteiger partial charge in [0.15, 0.2) is 0 Å². The molecule has 1 aromatic carbocycles. The van der Waals surface area contributed by atoms with Crippen LogP contribution in [0.2, 0.25) is 5.02 Å². The zero-order valence-electron chi connectivity index (χ0n) is 9.34. The van der Waals surface area contributed by atoms with Gasteiger partial charge in [0.1, 0.15) is 0 Å². The van der Waals surface area contributed by atoms with Crippen molar-refractivity contribution in [1.82, 2.24) is 5.43 Å². The maximum Gasteiger partial charge on any atom is 0.210 e. The van der Waals surface area contributed by atoms with Gasteiger partial charge in [-0.2, -0.15) is 0 Å². The van der Waals surface area contributed by atoms with E-state index in [2.05, 4.69) is 31.7 Å². The third-order valence-electron chi connectivity index (χ3n) is 1.88. The lowest BCUT2D eigenvalue weighted by atomic mass is 10.3. The van der Waals surface area contributed by atoms with Gasteiger partial charge in [-0.3, -0.25) is 5.43 Å². The Morgan fingerprint density at radius 2 is 2.35 bits per heavy atom. The summed E-state index contributed by atoms with van der Waals surface area (Å²) in [6, 6.07) is 5.47. The predicted octanol–water partition coefficient (Wildman–Crippen LogP) is 1.98. The quantitative estimate of drug-likeness (QED) is 0.261. The highest BCUT2D eigenvalue weighted by atomic mass is 79.9. The van der Waals surface area contributed by atoms with E-state index in [1.165, 1.54) is 0 Å². The van der Waals surface area contributed by atoms with Crippen LogP contribution in [0.1, 0.15) is 0 Å². The Labute approximate surface area is 113 Å². The zero-order valence-corrected chi connectivity index (χ0v) is 11.7. The van der Waals surface area contributed by atoms with Crippen LogP contribution < -0.4 is 16.6 Å². The monoisotopic (exact) mass is 320 g/mol. The minimum Gasteiger partial charge on any atom is -0.383 e. The van der Waals surface area contributed by atoms with Crippen LogP contribution in [0.3, 0.4) is 0 Å². The Kier molecular flexibility index (Phi) is 6.28. The molecule has 1 rings (SSSR count). The van der Waals surface area contributed by atoms with Crippen molar-refractivity contribution in [3.63, 3.8) is 0 Å². The van der Waals surface area contributed by atoms with Crippen molar-refractivity contribution in [2.75, 3.05) is 25.6 Å². The number of guanidine groups is 1. The molecular weight excluding hydrogens is 307 g/mol. The summed E-state index contributed by atoms with van der Waals surface area (Å²) in [5.41, 5.74) is 3.27. The number of aliphatic imine (C=N–C) groups is 1. The van der Waals surface area contributed by atoms with Gasteiger partial charge in [-0.05, 0) is 34.1 Å². The number of hydrogen-bond acceptors (Lipinski definition) is 3. The second-order valence-electron chi connectivity index (χ2n) is 3.12. The third-order valence-corrected chi connectivity index (χ3v) is 3.12. The number of rotatable bonds is 4. The molecular formula is C10H14BrClN4O. The summed E-state index contributed by atoms with van der Waals surface area (Å²) in [5.74, 6) is 5.80. The third kappa shape index (κ3) is 4.91. The number of hydrogen-bond donors (Lipinski definition) is 3. The molecule has 0 bridgehead atoms. The highest BCUT2D eigenvalue weighted by Gasteiger charge is 2.01. The molecule has 0 radical (unpaired) electrons. The molecule has 4 N–H and O–H groups in total. The summed E-state index contributed by atoms with van der Waals surface area (Å²) >= 11 is 9.29. The number of nitrogens with zero attached hydrogens (tertiary/aromatic N) is 1. The molecule has 7 heteroatoms. The van der Waals surface area contributed by atoms with Crippen molar-refractivity contribution in [3.8, 4) is 0 Å². The number of nitrogens with two attached hydrogens (primary N) is 1. The summed E-state index contributed by atoms with van der Waals surface area (Å²) < 4.78 is 5.73. The Bertz CT molecular complexity index is 400. The molecule has 17 heavy (non-hydrogen) atoms. The smallest absolute Gasteiger partial charge is 0.210 e. The van der Waals surface area contributed by atoms with E-state index in [4.69, 9.17) is 22.2 Å². The van der Waals surface area contributed by atoms with Crippen molar-refractivity contribution < 1.29 is 4.74 Å². The first-order valence-electron chi connectivity index (χ1n) is 4.89. The molecule has 0 saturated heterocycles. The van der Waals surface area contributed by atoms with E-state index in [1.54, 1.807) is 13.2 Å². The topological polar surface area (TPSA) is 71.7 Å². The van der Waals surface area contributed by atoms with Gasteiger partial charge in [0, 0.05) is 17.3 Å². The van der Waals surface area contributed by atoms with E-state index >= 15 is 0 Å². The summed E-state index contributed by atoms with van der Waals surface area (Å²) in [5, 5.41) is 3.62. The average Bonchev–Trinajstić information content (AvgIpc) is 2.32. The Morgan fingerprint density at radius 3 is 2.94 bits per heavy atom. The normalized spacial score (nSPS) is 11.4. The van der Waals surface area contributed by atoms with Gasteiger partial charge >= 0.3 is 0 Å². The Hall–Kier alpha value is -0.820. The summed E-state index contributed by atoms with van der Waals surface area (Å²) in [6.07, 6.45) is 0. The molecule has 94 valence electrons. The van der Waals surface area contributed by atoms with E-state index in [-0.39, 0.29) is 0 Å². The summed E-state index contributed by atoms with van der Waals surface area (Å²) in [4.78, 5) is 4.17. The molecule has 0 aliphatic carbocycles. The van der Waals surface area contributed by atoms with Crippen LogP contribution in [0.25, 0.3) is 0 Å². The lowest BCUT2D eigenvalue weighted by molar-refractivity contribution is 0.208. The first-order valence-corrected chi connectivity index (χ1v) is 6.06. The van der Waals surface area contributed by atoms with E-state index in [0.717, 1.165) is 10.2 Å². The van der Waals surface area contributed by atoms with E-state index in [0.29, 0.717) is 24.1 Å². The molecule has 0 amide bonds. The van der Waals surface area contributed by atoms with Crippen LogP contribution in [-0.4, -0.2) is 26.2 Å². The number of ether oxygens (including phenoxy) is 1. The molecule has 0 heterocycles. The largest absolute Gasteiger partial charge is 0.383 e. The van der Waals surface area contributed by atoms with Gasteiger partial charge in [-0.1, -0.05) is 11.6 Å². The minimum absolute atomic E-state index is 0.459. The van der Waals surface area contributed by atoms with Gasteiger partial charge in [0.05, 0.1) is 18.2 Å². The number of nitrogens with one attached hydrogen (secondary N) is 2. The Morgan fingerprint density at radius 1 is 1.59 bits per heavy atom. The number of halogens is 2. The number of hydrazine groups is 1. The lowest BCUT2D eigenvalue weighted by Crippen LogP contribution is -2.36. The van der Waals surface area contributed by atoms with Crippen molar-refractivity contribution in [1.29, 1.82) is 0 Å².